The number of rotatable bonds is 9. The molecule has 2 heteroatoms. The van der Waals surface area contributed by atoms with Crippen LogP contribution in [0.1, 0.15) is 84.0 Å². The number of anilines is 1. The molecule has 9 rings (SSSR count). The molecule has 340 valence electrons. The first kappa shape index (κ1) is 46.6. The summed E-state index contributed by atoms with van der Waals surface area (Å²) in [4.78, 5) is 0. The average Bonchev–Trinajstić information content (AvgIpc) is 3.36. The van der Waals surface area contributed by atoms with Gasteiger partial charge in [-0.1, -0.05) is 0 Å². The van der Waals surface area contributed by atoms with Crippen molar-refractivity contribution in [2.45, 2.75) is 78.1 Å². The summed E-state index contributed by atoms with van der Waals surface area (Å²) >= 11 is -2.76. The Morgan fingerprint density at radius 2 is 1.10 bits per heavy atom. The molecule has 0 amide bonds. The van der Waals surface area contributed by atoms with Crippen LogP contribution in [0.5, 0.6) is 0 Å². The molecule has 7 aromatic carbocycles. The van der Waals surface area contributed by atoms with Gasteiger partial charge in [0.25, 0.3) is 0 Å². The minimum atomic E-state index is -2.76. The molecule has 0 saturated carbocycles. The SMILES string of the molecule is C=C/C=C\C=C1/Cc2cc(ccc2C)-c2ccccc2-c2cc(cc(-c3ccccc3-c3ccc(C)c(C4=CCCC=C4C)c3)c2C(C)c2ccccc2-c2cc(NC)ccc2C)C(C)=[As]1(C)C. The van der Waals surface area contributed by atoms with Crippen LogP contribution in [-0.4, -0.2) is 24.5 Å². The van der Waals surface area contributed by atoms with Crippen molar-refractivity contribution in [3.8, 4) is 55.6 Å². The standard InChI is InChI=1S/C66H66AsN/c1-11-12-13-23-53-38-51-37-49(34-31-43(51)2)57-26-17-20-29-60(57)64-40-52(48(7)67(53,8)9)41-65(66(64)47(6)56-25-16-19-28-59(56)63-42-54(68-10)36-33-46(63)5)61-30-21-18-27-58(61)50-35-32-45(4)62(39-50)55-24-15-14-22-44(55)3/h11-13,16-37,39-42,47,68H,1,14-15,38H2,2-10H3/b13-12-,53-23+. The first-order valence-electron chi connectivity index (χ1n) is 24.4. The summed E-state index contributed by atoms with van der Waals surface area (Å²) in [6, 6.07) is 53.7. The van der Waals surface area contributed by atoms with Crippen LogP contribution in [0.3, 0.4) is 0 Å². The van der Waals surface area contributed by atoms with Crippen LogP contribution < -0.4 is 5.32 Å². The van der Waals surface area contributed by atoms with Gasteiger partial charge in [0.05, 0.1) is 0 Å². The predicted octanol–water partition coefficient (Wildman–Crippen LogP) is 17.9. The zero-order chi connectivity index (χ0) is 47.7. The molecule has 0 aromatic heterocycles. The van der Waals surface area contributed by atoms with Crippen molar-refractivity contribution in [1.82, 2.24) is 0 Å². The topological polar surface area (TPSA) is 12.0 Å². The van der Waals surface area contributed by atoms with Gasteiger partial charge in [0.2, 0.25) is 0 Å². The fourth-order valence-corrected chi connectivity index (χ4v) is 15.4. The van der Waals surface area contributed by atoms with E-state index < -0.39 is 13.1 Å². The van der Waals surface area contributed by atoms with E-state index in [1.807, 2.05) is 13.1 Å². The Hall–Kier alpha value is -6.53. The van der Waals surface area contributed by atoms with Crippen LogP contribution in [0.15, 0.2) is 192 Å². The average molecular weight is 948 g/mol. The van der Waals surface area contributed by atoms with E-state index in [0.717, 1.165) is 24.9 Å². The second-order valence-electron chi connectivity index (χ2n) is 19.4. The second-order valence-corrected chi connectivity index (χ2v) is 28.1. The molecule has 4 bridgehead atoms. The summed E-state index contributed by atoms with van der Waals surface area (Å²) in [7, 11) is 2.01. The van der Waals surface area contributed by atoms with E-state index in [-0.39, 0.29) is 5.92 Å². The van der Waals surface area contributed by atoms with E-state index in [0.29, 0.717) is 0 Å². The van der Waals surface area contributed by atoms with E-state index in [9.17, 15) is 0 Å². The molecule has 1 nitrogen and oxygen atoms in total. The molecule has 1 N–H and O–H groups in total. The van der Waals surface area contributed by atoms with Crippen molar-refractivity contribution in [3.05, 3.63) is 237 Å². The van der Waals surface area contributed by atoms with Gasteiger partial charge in [0.15, 0.2) is 0 Å². The molecule has 1 aliphatic heterocycles. The van der Waals surface area contributed by atoms with Gasteiger partial charge in [-0.25, -0.2) is 0 Å². The molecule has 1 unspecified atom stereocenters. The molecule has 2 aliphatic rings. The third kappa shape index (κ3) is 8.86. The molecule has 1 aliphatic carbocycles. The maximum absolute atomic E-state index is 4.02. The van der Waals surface area contributed by atoms with Crippen molar-refractivity contribution in [3.63, 3.8) is 0 Å². The van der Waals surface area contributed by atoms with Gasteiger partial charge >= 0.3 is 398 Å². The summed E-state index contributed by atoms with van der Waals surface area (Å²) in [6.45, 7) is 18.0. The zero-order valence-electron chi connectivity index (χ0n) is 41.6. The number of hydrogen-bond acceptors (Lipinski definition) is 1. The number of fused-ring (bicyclic) bond motifs is 7. The van der Waals surface area contributed by atoms with E-state index in [2.05, 4.69) is 235 Å². The van der Waals surface area contributed by atoms with E-state index in [4.69, 9.17) is 0 Å². The number of hydrogen-bond donors (Lipinski definition) is 1. The maximum atomic E-state index is 4.02. The molecule has 0 saturated heterocycles. The van der Waals surface area contributed by atoms with Crippen LogP contribution >= 0.6 is 0 Å². The van der Waals surface area contributed by atoms with Crippen molar-refractivity contribution in [2.24, 2.45) is 0 Å². The number of benzene rings is 7. The van der Waals surface area contributed by atoms with Gasteiger partial charge in [-0.2, -0.15) is 0 Å². The number of nitrogens with one attached hydrogen (secondary N) is 1. The van der Waals surface area contributed by atoms with Gasteiger partial charge in [0.1, 0.15) is 0 Å². The zero-order valence-corrected chi connectivity index (χ0v) is 43.5. The summed E-state index contributed by atoms with van der Waals surface area (Å²) in [6.07, 6.45) is 16.5. The summed E-state index contributed by atoms with van der Waals surface area (Å²) in [5.74, 6) is 0.00668. The Balaban J connectivity index is 1.42. The quantitative estimate of drug-likeness (QED) is 0.112. The summed E-state index contributed by atoms with van der Waals surface area (Å²) in [5.41, 5.74) is 32.3. The van der Waals surface area contributed by atoms with E-state index >= 15 is 0 Å². The van der Waals surface area contributed by atoms with Crippen molar-refractivity contribution in [2.75, 3.05) is 12.4 Å². The monoisotopic (exact) mass is 947 g/mol. The first-order valence-corrected chi connectivity index (χ1v) is 30.0. The molecule has 1 atom stereocenters. The van der Waals surface area contributed by atoms with Crippen LogP contribution in [0.4, 0.5) is 5.69 Å². The van der Waals surface area contributed by atoms with Crippen LogP contribution in [-0.2, 0) is 6.42 Å². The Morgan fingerprint density at radius 3 is 1.75 bits per heavy atom. The predicted molar refractivity (Wildman–Crippen MR) is 301 cm³/mol. The molecule has 0 radical (unpaired) electrons. The fraction of sp³-hybridized carbons (Fsp3) is 0.197. The normalized spacial score (nSPS) is 15.5. The van der Waals surface area contributed by atoms with Crippen LogP contribution in [0, 0.1) is 20.8 Å². The Morgan fingerprint density at radius 1 is 0.544 bits per heavy atom. The molecule has 0 fully saturated rings. The molecule has 7 aromatic rings. The van der Waals surface area contributed by atoms with Crippen molar-refractivity contribution >= 4 is 28.7 Å². The fourth-order valence-electron chi connectivity index (χ4n) is 10.7. The van der Waals surface area contributed by atoms with E-state index in [1.165, 1.54) is 120 Å². The second kappa shape index (κ2) is 19.6. The Bertz CT molecular complexity index is 3300. The van der Waals surface area contributed by atoms with Gasteiger partial charge in [0, 0.05) is 7.05 Å². The number of aryl methyl sites for hydroxylation is 3. The van der Waals surface area contributed by atoms with Crippen LogP contribution in [0.25, 0.3) is 61.2 Å². The molecule has 68 heavy (non-hydrogen) atoms. The van der Waals surface area contributed by atoms with Gasteiger partial charge in [-0.05, 0) is 6.42 Å². The molecule has 1 heterocycles. The van der Waals surface area contributed by atoms with Gasteiger partial charge in [-0.15, -0.1) is 0 Å². The third-order valence-corrected chi connectivity index (χ3v) is 22.8. The number of allylic oxidation sites excluding steroid dienone is 9. The van der Waals surface area contributed by atoms with Gasteiger partial charge in [-0.3, -0.25) is 0 Å². The van der Waals surface area contributed by atoms with Crippen molar-refractivity contribution in [1.29, 1.82) is 0 Å². The van der Waals surface area contributed by atoms with Gasteiger partial charge < -0.3 is 0 Å². The van der Waals surface area contributed by atoms with Crippen molar-refractivity contribution < 1.29 is 0 Å². The molecular weight excluding hydrogens is 882 g/mol. The summed E-state index contributed by atoms with van der Waals surface area (Å²) in [5, 5.41) is 3.42. The summed E-state index contributed by atoms with van der Waals surface area (Å²) < 4.78 is 3.05. The Labute approximate surface area is 409 Å². The third-order valence-electron chi connectivity index (χ3n) is 15.1. The Kier molecular flexibility index (Phi) is 13.4. The minimum absolute atomic E-state index is 0.00668. The van der Waals surface area contributed by atoms with E-state index in [1.54, 1.807) is 0 Å². The molecule has 0 spiro atoms. The van der Waals surface area contributed by atoms with Crippen LogP contribution in [0.2, 0.25) is 11.4 Å². The molecular formula is C66H66AsN. The first-order chi connectivity index (χ1) is 32.9.